The molecule has 0 saturated carbocycles. The minimum Gasteiger partial charge on any atom is -0.330 e. The van der Waals surface area contributed by atoms with Gasteiger partial charge < -0.3 is 5.73 Å². The van der Waals surface area contributed by atoms with E-state index in [0.29, 0.717) is 26.1 Å². The molecule has 0 aromatic heterocycles. The molecule has 1 rings (SSSR count). The monoisotopic (exact) mass is 274 g/mol. The zero-order valence-electron chi connectivity index (χ0n) is 9.41. The number of nitrogens with zero attached hydrogens (tertiary/aromatic N) is 1. The fourth-order valence-corrected chi connectivity index (χ4v) is 3.42. The number of rotatable bonds is 5. The standard InChI is InChI=1S/C9H17F3N2O2S/c10-9(11,12)3-1-5-17(15,16)14-4-2-8(6-13)7-14/h8H,1-7,13H2. The van der Waals surface area contributed by atoms with Crippen LogP contribution in [0.3, 0.4) is 0 Å². The Balaban J connectivity index is 2.42. The van der Waals surface area contributed by atoms with Crippen LogP contribution in [-0.4, -0.2) is 44.3 Å². The van der Waals surface area contributed by atoms with E-state index in [-0.39, 0.29) is 12.3 Å². The summed E-state index contributed by atoms with van der Waals surface area (Å²) in [6.45, 7) is 1.12. The average molecular weight is 274 g/mol. The highest BCUT2D eigenvalue weighted by atomic mass is 32.2. The summed E-state index contributed by atoms with van der Waals surface area (Å²) in [6.07, 6.45) is -5.04. The van der Waals surface area contributed by atoms with Crippen LogP contribution in [0.1, 0.15) is 19.3 Å². The van der Waals surface area contributed by atoms with Crippen LogP contribution in [-0.2, 0) is 10.0 Å². The quantitative estimate of drug-likeness (QED) is 0.811. The Kier molecular flexibility index (Phi) is 4.79. The van der Waals surface area contributed by atoms with E-state index in [1.165, 1.54) is 4.31 Å². The lowest BCUT2D eigenvalue weighted by molar-refractivity contribution is -0.134. The topological polar surface area (TPSA) is 63.4 Å². The third-order valence-electron chi connectivity index (χ3n) is 2.84. The molecule has 1 unspecified atom stereocenters. The summed E-state index contributed by atoms with van der Waals surface area (Å²) in [4.78, 5) is 0. The fourth-order valence-electron chi connectivity index (χ4n) is 1.83. The molecule has 0 amide bonds. The van der Waals surface area contributed by atoms with Gasteiger partial charge in [-0.3, -0.25) is 0 Å². The van der Waals surface area contributed by atoms with E-state index in [0.717, 1.165) is 0 Å². The summed E-state index contributed by atoms with van der Waals surface area (Å²) in [5, 5.41) is 0. The molecule has 1 heterocycles. The van der Waals surface area contributed by atoms with Crippen LogP contribution in [0.5, 0.6) is 0 Å². The highest BCUT2D eigenvalue weighted by molar-refractivity contribution is 7.89. The maximum absolute atomic E-state index is 11.9. The molecule has 0 bridgehead atoms. The van der Waals surface area contributed by atoms with Gasteiger partial charge in [0.2, 0.25) is 10.0 Å². The minimum atomic E-state index is -4.29. The smallest absolute Gasteiger partial charge is 0.330 e. The second-order valence-electron chi connectivity index (χ2n) is 4.28. The van der Waals surface area contributed by atoms with Crippen LogP contribution in [0, 0.1) is 5.92 Å². The van der Waals surface area contributed by atoms with Crippen LogP contribution in [0.2, 0.25) is 0 Å². The van der Waals surface area contributed by atoms with Gasteiger partial charge in [0.05, 0.1) is 5.75 Å². The van der Waals surface area contributed by atoms with Gasteiger partial charge in [-0.15, -0.1) is 0 Å². The number of alkyl halides is 3. The molecule has 1 aliphatic rings. The summed E-state index contributed by atoms with van der Waals surface area (Å²) in [5.41, 5.74) is 5.43. The Labute approximate surface area is 99.0 Å². The van der Waals surface area contributed by atoms with E-state index in [2.05, 4.69) is 0 Å². The van der Waals surface area contributed by atoms with Gasteiger partial charge in [0, 0.05) is 19.5 Å². The molecule has 4 nitrogen and oxygen atoms in total. The van der Waals surface area contributed by atoms with E-state index >= 15 is 0 Å². The number of hydrogen-bond donors (Lipinski definition) is 1. The van der Waals surface area contributed by atoms with Crippen LogP contribution < -0.4 is 5.73 Å². The van der Waals surface area contributed by atoms with E-state index in [1.807, 2.05) is 0 Å². The number of halogens is 3. The zero-order valence-corrected chi connectivity index (χ0v) is 10.2. The van der Waals surface area contributed by atoms with Gasteiger partial charge in [-0.25, -0.2) is 12.7 Å². The molecule has 0 aromatic carbocycles. The van der Waals surface area contributed by atoms with Crippen LogP contribution >= 0.6 is 0 Å². The minimum absolute atomic E-state index is 0.132. The van der Waals surface area contributed by atoms with Gasteiger partial charge in [0.25, 0.3) is 0 Å². The molecular formula is C9H17F3N2O2S. The molecule has 17 heavy (non-hydrogen) atoms. The molecule has 0 aliphatic carbocycles. The molecule has 0 spiro atoms. The Hall–Kier alpha value is -0.340. The van der Waals surface area contributed by atoms with Crippen LogP contribution in [0.4, 0.5) is 13.2 Å². The zero-order chi connectivity index (χ0) is 13.1. The average Bonchev–Trinajstić information content (AvgIpc) is 2.63. The SMILES string of the molecule is NCC1CCN(S(=O)(=O)CCCC(F)(F)F)C1. The maximum atomic E-state index is 11.9. The lowest BCUT2D eigenvalue weighted by Gasteiger charge is -2.16. The molecule has 8 heteroatoms. The predicted molar refractivity (Wildman–Crippen MR) is 57.8 cm³/mol. The van der Waals surface area contributed by atoms with Gasteiger partial charge in [0.15, 0.2) is 0 Å². The number of hydrogen-bond acceptors (Lipinski definition) is 3. The summed E-state index contributed by atoms with van der Waals surface area (Å²) in [7, 11) is -3.55. The summed E-state index contributed by atoms with van der Waals surface area (Å²) < 4.78 is 60.3. The van der Waals surface area contributed by atoms with Gasteiger partial charge in [0.1, 0.15) is 0 Å². The van der Waals surface area contributed by atoms with Crippen molar-refractivity contribution in [2.45, 2.75) is 25.4 Å². The maximum Gasteiger partial charge on any atom is 0.389 e. The fraction of sp³-hybridized carbons (Fsp3) is 1.00. The molecule has 1 fully saturated rings. The van der Waals surface area contributed by atoms with Crippen molar-refractivity contribution >= 4 is 10.0 Å². The third kappa shape index (κ3) is 4.81. The first kappa shape index (κ1) is 14.7. The number of sulfonamides is 1. The first-order chi connectivity index (χ1) is 7.74. The Morgan fingerprint density at radius 3 is 2.47 bits per heavy atom. The van der Waals surface area contributed by atoms with Crippen molar-refractivity contribution in [2.75, 3.05) is 25.4 Å². The number of nitrogens with two attached hydrogens (primary N) is 1. The molecular weight excluding hydrogens is 257 g/mol. The van der Waals surface area contributed by atoms with Gasteiger partial charge >= 0.3 is 6.18 Å². The van der Waals surface area contributed by atoms with E-state index in [1.54, 1.807) is 0 Å². The van der Waals surface area contributed by atoms with Crippen molar-refractivity contribution in [3.05, 3.63) is 0 Å². The Morgan fingerprint density at radius 2 is 2.00 bits per heavy atom. The largest absolute Gasteiger partial charge is 0.389 e. The first-order valence-electron chi connectivity index (χ1n) is 5.49. The van der Waals surface area contributed by atoms with E-state index < -0.39 is 28.4 Å². The van der Waals surface area contributed by atoms with Crippen molar-refractivity contribution in [3.63, 3.8) is 0 Å². The van der Waals surface area contributed by atoms with Crippen molar-refractivity contribution < 1.29 is 21.6 Å². The van der Waals surface area contributed by atoms with Crippen molar-refractivity contribution in [3.8, 4) is 0 Å². The lowest BCUT2D eigenvalue weighted by atomic mass is 10.1. The Bertz CT molecular complexity index is 343. The van der Waals surface area contributed by atoms with E-state index in [4.69, 9.17) is 5.73 Å². The first-order valence-corrected chi connectivity index (χ1v) is 7.10. The molecule has 1 aliphatic heterocycles. The molecule has 1 atom stereocenters. The van der Waals surface area contributed by atoms with Crippen LogP contribution in [0.25, 0.3) is 0 Å². The highest BCUT2D eigenvalue weighted by Gasteiger charge is 2.32. The molecule has 0 radical (unpaired) electrons. The van der Waals surface area contributed by atoms with Gasteiger partial charge in [-0.05, 0) is 25.3 Å². The van der Waals surface area contributed by atoms with E-state index in [9.17, 15) is 21.6 Å². The lowest BCUT2D eigenvalue weighted by Crippen LogP contribution is -2.32. The van der Waals surface area contributed by atoms with Gasteiger partial charge in [-0.2, -0.15) is 13.2 Å². The van der Waals surface area contributed by atoms with Crippen molar-refractivity contribution in [1.29, 1.82) is 0 Å². The second-order valence-corrected chi connectivity index (χ2v) is 6.37. The van der Waals surface area contributed by atoms with Crippen LogP contribution in [0.15, 0.2) is 0 Å². The molecule has 1 saturated heterocycles. The molecule has 0 aromatic rings. The highest BCUT2D eigenvalue weighted by Crippen LogP contribution is 2.23. The summed E-state index contributed by atoms with van der Waals surface area (Å²) in [6, 6.07) is 0. The summed E-state index contributed by atoms with van der Waals surface area (Å²) >= 11 is 0. The van der Waals surface area contributed by atoms with Crippen molar-refractivity contribution in [2.24, 2.45) is 11.7 Å². The molecule has 2 N–H and O–H groups in total. The summed E-state index contributed by atoms with van der Waals surface area (Å²) in [5.74, 6) is -0.309. The molecule has 102 valence electrons. The van der Waals surface area contributed by atoms with Gasteiger partial charge in [-0.1, -0.05) is 0 Å². The second kappa shape index (κ2) is 5.53. The Morgan fingerprint density at radius 1 is 1.35 bits per heavy atom. The van der Waals surface area contributed by atoms with Crippen molar-refractivity contribution in [1.82, 2.24) is 4.31 Å². The third-order valence-corrected chi connectivity index (χ3v) is 4.76. The normalized spacial score (nSPS) is 23.2. The predicted octanol–water partition coefficient (Wildman–Crippen LogP) is 0.939.